The lowest BCUT2D eigenvalue weighted by Crippen LogP contribution is -2.20. The molecule has 3 nitrogen and oxygen atoms in total. The highest BCUT2D eigenvalue weighted by molar-refractivity contribution is 5.27. The van der Waals surface area contributed by atoms with Crippen molar-refractivity contribution in [3.63, 3.8) is 0 Å². The molecule has 0 fully saturated rings. The van der Waals surface area contributed by atoms with E-state index >= 15 is 0 Å². The van der Waals surface area contributed by atoms with E-state index in [2.05, 4.69) is 13.8 Å². The van der Waals surface area contributed by atoms with Crippen LogP contribution in [-0.2, 0) is 6.42 Å². The van der Waals surface area contributed by atoms with Crippen LogP contribution in [0.15, 0.2) is 24.3 Å². The number of nitrogens with two attached hydrogens (primary N) is 1. The van der Waals surface area contributed by atoms with Crippen molar-refractivity contribution in [1.29, 1.82) is 0 Å². The molecule has 0 aliphatic carbocycles. The SMILES string of the molecule is CC(C)COc1ccc(CC(CN)CO)cc1. The molecular formula is C14H23NO2. The van der Waals surface area contributed by atoms with Crippen molar-refractivity contribution >= 4 is 0 Å². The first-order valence-corrected chi connectivity index (χ1v) is 6.18. The average molecular weight is 237 g/mol. The van der Waals surface area contributed by atoms with Crippen molar-refractivity contribution in [2.75, 3.05) is 19.8 Å². The molecule has 0 amide bonds. The second kappa shape index (κ2) is 7.30. The van der Waals surface area contributed by atoms with Gasteiger partial charge in [-0.1, -0.05) is 26.0 Å². The van der Waals surface area contributed by atoms with Crippen LogP contribution in [0.2, 0.25) is 0 Å². The Hall–Kier alpha value is -1.06. The second-order valence-electron chi connectivity index (χ2n) is 4.84. The largest absolute Gasteiger partial charge is 0.493 e. The third-order valence-electron chi connectivity index (χ3n) is 2.62. The van der Waals surface area contributed by atoms with Crippen LogP contribution in [0.25, 0.3) is 0 Å². The molecule has 0 heterocycles. The first-order chi connectivity index (χ1) is 8.15. The molecular weight excluding hydrogens is 214 g/mol. The Morgan fingerprint density at radius 2 is 1.88 bits per heavy atom. The number of ether oxygens (including phenoxy) is 1. The third kappa shape index (κ3) is 5.20. The number of hydrogen-bond acceptors (Lipinski definition) is 3. The summed E-state index contributed by atoms with van der Waals surface area (Å²) in [4.78, 5) is 0. The zero-order valence-corrected chi connectivity index (χ0v) is 10.7. The highest BCUT2D eigenvalue weighted by Crippen LogP contribution is 2.15. The molecule has 0 aliphatic rings. The van der Waals surface area contributed by atoms with Gasteiger partial charge in [-0.25, -0.2) is 0 Å². The van der Waals surface area contributed by atoms with Crippen molar-refractivity contribution in [2.45, 2.75) is 20.3 Å². The summed E-state index contributed by atoms with van der Waals surface area (Å²) in [5.74, 6) is 1.58. The first-order valence-electron chi connectivity index (χ1n) is 6.18. The van der Waals surface area contributed by atoms with Crippen molar-refractivity contribution in [3.8, 4) is 5.75 Å². The summed E-state index contributed by atoms with van der Waals surface area (Å²) in [7, 11) is 0. The summed E-state index contributed by atoms with van der Waals surface area (Å²) in [5.41, 5.74) is 6.74. The fraction of sp³-hybridized carbons (Fsp3) is 0.571. The van der Waals surface area contributed by atoms with E-state index < -0.39 is 0 Å². The molecule has 0 spiro atoms. The molecule has 3 N–H and O–H groups in total. The number of benzene rings is 1. The quantitative estimate of drug-likeness (QED) is 0.760. The molecule has 1 unspecified atom stereocenters. The maximum atomic E-state index is 9.08. The van der Waals surface area contributed by atoms with Gasteiger partial charge in [-0.2, -0.15) is 0 Å². The molecule has 1 aromatic carbocycles. The lowest BCUT2D eigenvalue weighted by molar-refractivity contribution is 0.229. The minimum atomic E-state index is 0.141. The van der Waals surface area contributed by atoms with E-state index in [4.69, 9.17) is 15.6 Å². The van der Waals surface area contributed by atoms with Crippen LogP contribution >= 0.6 is 0 Å². The van der Waals surface area contributed by atoms with E-state index in [1.807, 2.05) is 24.3 Å². The Kier molecular flexibility index (Phi) is 6.01. The number of rotatable bonds is 7. The van der Waals surface area contributed by atoms with Gasteiger partial charge < -0.3 is 15.6 Å². The van der Waals surface area contributed by atoms with Crippen LogP contribution in [0, 0.1) is 11.8 Å². The molecule has 0 bridgehead atoms. The monoisotopic (exact) mass is 237 g/mol. The summed E-state index contributed by atoms with van der Waals surface area (Å²) in [6, 6.07) is 8.02. The van der Waals surface area contributed by atoms with Gasteiger partial charge in [0.2, 0.25) is 0 Å². The van der Waals surface area contributed by atoms with Crippen molar-refractivity contribution < 1.29 is 9.84 Å². The molecule has 0 aliphatic heterocycles. The first kappa shape index (κ1) is 14.0. The summed E-state index contributed by atoms with van der Waals surface area (Å²) >= 11 is 0. The van der Waals surface area contributed by atoms with Gasteiger partial charge in [0.15, 0.2) is 0 Å². The molecule has 1 rings (SSSR count). The van der Waals surface area contributed by atoms with Crippen LogP contribution in [0.5, 0.6) is 5.75 Å². The van der Waals surface area contributed by atoms with Gasteiger partial charge in [0, 0.05) is 6.61 Å². The Balaban J connectivity index is 2.49. The summed E-state index contributed by atoms with van der Waals surface area (Å²) in [6.45, 7) is 5.65. The van der Waals surface area contributed by atoms with Crippen molar-refractivity contribution in [3.05, 3.63) is 29.8 Å². The zero-order valence-electron chi connectivity index (χ0n) is 10.7. The van der Waals surface area contributed by atoms with Crippen molar-refractivity contribution in [2.24, 2.45) is 17.6 Å². The van der Waals surface area contributed by atoms with E-state index in [1.165, 1.54) is 5.56 Å². The van der Waals surface area contributed by atoms with Crippen LogP contribution in [0.1, 0.15) is 19.4 Å². The molecule has 96 valence electrons. The minimum absolute atomic E-state index is 0.141. The van der Waals surface area contributed by atoms with E-state index in [-0.39, 0.29) is 12.5 Å². The predicted molar refractivity (Wildman–Crippen MR) is 70.1 cm³/mol. The number of aliphatic hydroxyl groups excluding tert-OH is 1. The number of aliphatic hydroxyl groups is 1. The molecule has 0 saturated heterocycles. The van der Waals surface area contributed by atoms with Crippen LogP contribution in [0.4, 0.5) is 0 Å². The van der Waals surface area contributed by atoms with E-state index in [0.717, 1.165) is 18.8 Å². The topological polar surface area (TPSA) is 55.5 Å². The molecule has 0 radical (unpaired) electrons. The summed E-state index contributed by atoms with van der Waals surface area (Å²) in [6.07, 6.45) is 0.817. The van der Waals surface area contributed by atoms with Crippen LogP contribution in [0.3, 0.4) is 0 Å². The number of hydrogen-bond donors (Lipinski definition) is 2. The van der Waals surface area contributed by atoms with Gasteiger partial charge in [0.05, 0.1) is 6.61 Å². The Morgan fingerprint density at radius 1 is 1.24 bits per heavy atom. The molecule has 1 atom stereocenters. The van der Waals surface area contributed by atoms with Gasteiger partial charge in [-0.15, -0.1) is 0 Å². The third-order valence-corrected chi connectivity index (χ3v) is 2.62. The Labute approximate surface area is 104 Å². The fourth-order valence-corrected chi connectivity index (χ4v) is 1.54. The van der Waals surface area contributed by atoms with Crippen LogP contribution in [-0.4, -0.2) is 24.9 Å². The van der Waals surface area contributed by atoms with Gasteiger partial charge in [-0.3, -0.25) is 0 Å². The molecule has 0 saturated carbocycles. The van der Waals surface area contributed by atoms with E-state index in [0.29, 0.717) is 12.5 Å². The highest BCUT2D eigenvalue weighted by atomic mass is 16.5. The molecule has 17 heavy (non-hydrogen) atoms. The lowest BCUT2D eigenvalue weighted by atomic mass is 10.0. The Morgan fingerprint density at radius 3 is 2.35 bits per heavy atom. The maximum Gasteiger partial charge on any atom is 0.119 e. The average Bonchev–Trinajstić information content (AvgIpc) is 2.34. The highest BCUT2D eigenvalue weighted by Gasteiger charge is 2.06. The summed E-state index contributed by atoms with van der Waals surface area (Å²) in [5, 5.41) is 9.08. The Bertz CT molecular complexity index is 305. The van der Waals surface area contributed by atoms with E-state index in [9.17, 15) is 0 Å². The smallest absolute Gasteiger partial charge is 0.119 e. The molecule has 0 aromatic heterocycles. The molecule has 1 aromatic rings. The standard InChI is InChI=1S/C14H23NO2/c1-11(2)10-17-14-5-3-12(4-6-14)7-13(8-15)9-16/h3-6,11,13,16H,7-10,15H2,1-2H3. The van der Waals surface area contributed by atoms with Gasteiger partial charge in [0.1, 0.15) is 5.75 Å². The van der Waals surface area contributed by atoms with E-state index in [1.54, 1.807) is 0 Å². The minimum Gasteiger partial charge on any atom is -0.493 e. The van der Waals surface area contributed by atoms with Gasteiger partial charge >= 0.3 is 0 Å². The second-order valence-corrected chi connectivity index (χ2v) is 4.84. The maximum absolute atomic E-state index is 9.08. The fourth-order valence-electron chi connectivity index (χ4n) is 1.54. The predicted octanol–water partition coefficient (Wildman–Crippen LogP) is 1.83. The normalized spacial score (nSPS) is 12.8. The molecule has 3 heteroatoms. The van der Waals surface area contributed by atoms with Gasteiger partial charge in [-0.05, 0) is 42.5 Å². The zero-order chi connectivity index (χ0) is 12.7. The summed E-state index contributed by atoms with van der Waals surface area (Å²) < 4.78 is 5.61. The van der Waals surface area contributed by atoms with Crippen molar-refractivity contribution in [1.82, 2.24) is 0 Å². The lowest BCUT2D eigenvalue weighted by Gasteiger charge is -2.12. The van der Waals surface area contributed by atoms with Crippen LogP contribution < -0.4 is 10.5 Å². The van der Waals surface area contributed by atoms with Gasteiger partial charge in [0.25, 0.3) is 0 Å².